The molecule has 3 amide bonds. The highest BCUT2D eigenvalue weighted by molar-refractivity contribution is 8.18. The summed E-state index contributed by atoms with van der Waals surface area (Å²) in [6.07, 6.45) is 1.65. The van der Waals surface area contributed by atoms with Crippen molar-refractivity contribution in [1.82, 2.24) is 4.90 Å². The molecule has 3 rings (SSSR count). The first-order valence-electron chi connectivity index (χ1n) is 7.83. The van der Waals surface area contributed by atoms with E-state index in [0.717, 1.165) is 27.8 Å². The molecule has 6 nitrogen and oxygen atoms in total. The molecule has 1 fully saturated rings. The maximum absolute atomic E-state index is 12.4. The zero-order chi connectivity index (χ0) is 18.7. The molecule has 0 saturated carbocycles. The fourth-order valence-corrected chi connectivity index (χ4v) is 3.27. The van der Waals surface area contributed by atoms with Crippen molar-refractivity contribution in [2.45, 2.75) is 6.92 Å². The third-order valence-corrected chi connectivity index (χ3v) is 4.57. The Morgan fingerprint density at radius 3 is 2.62 bits per heavy atom. The summed E-state index contributed by atoms with van der Waals surface area (Å²) in [7, 11) is 0. The topological polar surface area (TPSA) is 86.7 Å². The molecular weight excluding hydrogens is 352 g/mol. The molecule has 0 bridgehead atoms. The second-order valence-electron chi connectivity index (χ2n) is 5.78. The molecule has 1 saturated heterocycles. The van der Waals surface area contributed by atoms with Crippen LogP contribution in [0.2, 0.25) is 0 Å². The summed E-state index contributed by atoms with van der Waals surface area (Å²) in [5, 5.41) is 11.3. The molecule has 0 atom stereocenters. The van der Waals surface area contributed by atoms with Crippen molar-refractivity contribution in [3.05, 3.63) is 64.6 Å². The number of anilines is 1. The fourth-order valence-electron chi connectivity index (χ4n) is 2.44. The van der Waals surface area contributed by atoms with Gasteiger partial charge < -0.3 is 10.4 Å². The number of nitrogens with zero attached hydrogens (tertiary/aromatic N) is 1. The Hall–Kier alpha value is -3.06. The molecule has 26 heavy (non-hydrogen) atoms. The summed E-state index contributed by atoms with van der Waals surface area (Å²) in [6, 6.07) is 13.5. The Balaban J connectivity index is 1.69. The molecule has 132 valence electrons. The average molecular weight is 368 g/mol. The lowest BCUT2D eigenvalue weighted by Gasteiger charge is -2.12. The highest BCUT2D eigenvalue weighted by Gasteiger charge is 2.36. The van der Waals surface area contributed by atoms with Crippen molar-refractivity contribution in [2.24, 2.45) is 0 Å². The van der Waals surface area contributed by atoms with E-state index in [1.165, 1.54) is 24.3 Å². The lowest BCUT2D eigenvalue weighted by molar-refractivity contribution is -0.127. The molecule has 0 unspecified atom stereocenters. The maximum atomic E-state index is 12.4. The predicted molar refractivity (Wildman–Crippen MR) is 101 cm³/mol. The number of phenols is 1. The van der Waals surface area contributed by atoms with Gasteiger partial charge in [-0.3, -0.25) is 19.3 Å². The monoisotopic (exact) mass is 368 g/mol. The van der Waals surface area contributed by atoms with Crippen molar-refractivity contribution >= 4 is 40.6 Å². The van der Waals surface area contributed by atoms with Crippen LogP contribution in [-0.2, 0) is 9.59 Å². The Morgan fingerprint density at radius 1 is 1.19 bits per heavy atom. The van der Waals surface area contributed by atoms with Crippen LogP contribution in [0.15, 0.2) is 53.4 Å². The predicted octanol–water partition coefficient (Wildman–Crippen LogP) is 3.38. The summed E-state index contributed by atoms with van der Waals surface area (Å²) in [5.41, 5.74) is 2.34. The number of hydrogen-bond acceptors (Lipinski definition) is 5. The molecule has 1 aliphatic heterocycles. The van der Waals surface area contributed by atoms with E-state index in [4.69, 9.17) is 0 Å². The van der Waals surface area contributed by atoms with Gasteiger partial charge in [-0.1, -0.05) is 29.8 Å². The van der Waals surface area contributed by atoms with Gasteiger partial charge in [0.05, 0.1) is 4.91 Å². The van der Waals surface area contributed by atoms with Crippen molar-refractivity contribution in [3.63, 3.8) is 0 Å². The van der Waals surface area contributed by atoms with E-state index in [1.54, 1.807) is 6.08 Å². The van der Waals surface area contributed by atoms with Gasteiger partial charge in [0.25, 0.3) is 11.1 Å². The van der Waals surface area contributed by atoms with Gasteiger partial charge in [0, 0.05) is 5.69 Å². The van der Waals surface area contributed by atoms with Crippen LogP contribution in [0.4, 0.5) is 10.5 Å². The van der Waals surface area contributed by atoms with Gasteiger partial charge in [-0.05, 0) is 54.6 Å². The zero-order valence-electron chi connectivity index (χ0n) is 13.9. The molecule has 1 heterocycles. The van der Waals surface area contributed by atoms with E-state index in [9.17, 15) is 19.5 Å². The third kappa shape index (κ3) is 4.12. The molecule has 0 spiro atoms. The van der Waals surface area contributed by atoms with Gasteiger partial charge in [0.2, 0.25) is 5.91 Å². The van der Waals surface area contributed by atoms with E-state index in [0.29, 0.717) is 5.69 Å². The largest absolute Gasteiger partial charge is 0.508 e. The van der Waals surface area contributed by atoms with Crippen LogP contribution in [0.25, 0.3) is 6.08 Å². The Morgan fingerprint density at radius 2 is 1.92 bits per heavy atom. The number of imide groups is 1. The Bertz CT molecular complexity index is 906. The molecule has 2 N–H and O–H groups in total. The summed E-state index contributed by atoms with van der Waals surface area (Å²) in [4.78, 5) is 37.9. The first-order valence-corrected chi connectivity index (χ1v) is 8.65. The number of rotatable bonds is 4. The Kier molecular flexibility index (Phi) is 5.09. The second kappa shape index (κ2) is 7.45. The summed E-state index contributed by atoms with van der Waals surface area (Å²) in [5.74, 6) is -0.896. The Labute approximate surface area is 154 Å². The number of benzene rings is 2. The van der Waals surface area contributed by atoms with Crippen LogP contribution in [0.5, 0.6) is 5.75 Å². The zero-order valence-corrected chi connectivity index (χ0v) is 14.7. The van der Waals surface area contributed by atoms with Gasteiger partial charge in [-0.2, -0.15) is 0 Å². The number of hydrogen-bond donors (Lipinski definition) is 2. The number of phenolic OH excluding ortho intramolecular Hbond substituents is 1. The van der Waals surface area contributed by atoms with Crippen LogP contribution in [0, 0.1) is 6.92 Å². The first kappa shape index (κ1) is 17.8. The van der Waals surface area contributed by atoms with Crippen LogP contribution >= 0.6 is 11.8 Å². The third-order valence-electron chi connectivity index (χ3n) is 3.67. The molecule has 7 heteroatoms. The van der Waals surface area contributed by atoms with E-state index >= 15 is 0 Å². The van der Waals surface area contributed by atoms with Crippen molar-refractivity contribution in [3.8, 4) is 5.75 Å². The number of carbonyl (C=O) groups excluding carboxylic acids is 3. The number of aromatic hydroxyl groups is 1. The average Bonchev–Trinajstić information content (AvgIpc) is 2.84. The number of aryl methyl sites for hydroxylation is 1. The smallest absolute Gasteiger partial charge is 0.294 e. The van der Waals surface area contributed by atoms with Crippen molar-refractivity contribution in [2.75, 3.05) is 11.9 Å². The van der Waals surface area contributed by atoms with Gasteiger partial charge in [-0.15, -0.1) is 0 Å². The van der Waals surface area contributed by atoms with Gasteiger partial charge in [-0.25, -0.2) is 0 Å². The molecule has 0 radical (unpaired) electrons. The highest BCUT2D eigenvalue weighted by Crippen LogP contribution is 2.32. The van der Waals surface area contributed by atoms with Crippen LogP contribution in [0.1, 0.15) is 11.1 Å². The van der Waals surface area contributed by atoms with Crippen LogP contribution in [-0.4, -0.2) is 33.6 Å². The van der Waals surface area contributed by atoms with Crippen LogP contribution < -0.4 is 5.32 Å². The summed E-state index contributed by atoms with van der Waals surface area (Å²) < 4.78 is 0. The molecule has 0 aromatic heterocycles. The number of nitrogens with one attached hydrogen (secondary N) is 1. The quantitative estimate of drug-likeness (QED) is 0.638. The van der Waals surface area contributed by atoms with E-state index in [-0.39, 0.29) is 17.2 Å². The fraction of sp³-hybridized carbons (Fsp3) is 0.105. The summed E-state index contributed by atoms with van der Waals surface area (Å²) >= 11 is 0.818. The minimum Gasteiger partial charge on any atom is -0.508 e. The standard InChI is InChI=1S/C19H16N2O4S/c1-12-3-2-4-13(9-12)10-16-18(24)21(19(25)26-16)11-17(23)20-14-5-7-15(22)8-6-14/h2-10,22H,11H2,1H3,(H,20,23)/b16-10-. The second-order valence-corrected chi connectivity index (χ2v) is 6.77. The van der Waals surface area contributed by atoms with Gasteiger partial charge in [0.15, 0.2) is 0 Å². The van der Waals surface area contributed by atoms with Crippen molar-refractivity contribution in [1.29, 1.82) is 0 Å². The van der Waals surface area contributed by atoms with Gasteiger partial charge in [0.1, 0.15) is 12.3 Å². The first-order chi connectivity index (χ1) is 12.4. The van der Waals surface area contributed by atoms with E-state index in [2.05, 4.69) is 5.32 Å². The van der Waals surface area contributed by atoms with Crippen LogP contribution in [0.3, 0.4) is 0 Å². The number of carbonyl (C=O) groups is 3. The molecule has 0 aliphatic carbocycles. The minimum absolute atomic E-state index is 0.0789. The lowest BCUT2D eigenvalue weighted by Crippen LogP contribution is -2.36. The molecule has 2 aromatic rings. The minimum atomic E-state index is -0.491. The maximum Gasteiger partial charge on any atom is 0.294 e. The highest BCUT2D eigenvalue weighted by atomic mass is 32.2. The van der Waals surface area contributed by atoms with Gasteiger partial charge >= 0.3 is 0 Å². The number of amides is 3. The van der Waals surface area contributed by atoms with Crippen molar-refractivity contribution < 1.29 is 19.5 Å². The molecule has 1 aliphatic rings. The number of thioether (sulfide) groups is 1. The molecular formula is C19H16N2O4S. The normalized spacial score (nSPS) is 15.6. The van der Waals surface area contributed by atoms with E-state index < -0.39 is 17.1 Å². The SMILES string of the molecule is Cc1cccc(/C=C2\SC(=O)N(CC(=O)Nc3ccc(O)cc3)C2=O)c1. The summed E-state index contributed by atoms with van der Waals surface area (Å²) in [6.45, 7) is 1.58. The lowest BCUT2D eigenvalue weighted by atomic mass is 10.1. The van der Waals surface area contributed by atoms with E-state index in [1.807, 2.05) is 31.2 Å². The molecule has 2 aromatic carbocycles.